The van der Waals surface area contributed by atoms with Gasteiger partial charge in [0.15, 0.2) is 5.78 Å². The summed E-state index contributed by atoms with van der Waals surface area (Å²) in [5.41, 5.74) is 1.91. The number of aromatic nitrogens is 1. The quantitative estimate of drug-likeness (QED) is 0.666. The lowest BCUT2D eigenvalue weighted by Crippen LogP contribution is -2.25. The van der Waals surface area contributed by atoms with Crippen molar-refractivity contribution in [3.05, 3.63) is 29.6 Å². The molecule has 78 valence electrons. The molecule has 2 rings (SSSR count). The maximum atomic E-state index is 11.4. The second-order valence-corrected chi connectivity index (χ2v) is 3.73. The Hall–Kier alpha value is -1.71. The zero-order valence-electron chi connectivity index (χ0n) is 8.56. The van der Waals surface area contributed by atoms with Crippen LogP contribution in [0.3, 0.4) is 0 Å². The van der Waals surface area contributed by atoms with Gasteiger partial charge in [-0.15, -0.1) is 0 Å². The van der Waals surface area contributed by atoms with Crippen LogP contribution in [0.15, 0.2) is 18.3 Å². The van der Waals surface area contributed by atoms with Crippen LogP contribution in [-0.2, 0) is 16.1 Å². The first-order valence-corrected chi connectivity index (χ1v) is 4.87. The molecule has 4 heteroatoms. The molecule has 1 aliphatic heterocycles. The molecule has 0 unspecified atom stereocenters. The maximum absolute atomic E-state index is 11.4. The van der Waals surface area contributed by atoms with Crippen molar-refractivity contribution in [2.45, 2.75) is 19.9 Å². The van der Waals surface area contributed by atoms with Crippen molar-refractivity contribution in [1.29, 1.82) is 0 Å². The summed E-state index contributed by atoms with van der Waals surface area (Å²) in [7, 11) is 0. The normalized spacial score (nSPS) is 16.2. The van der Waals surface area contributed by atoms with Crippen molar-refractivity contribution in [2.75, 3.05) is 6.54 Å². The van der Waals surface area contributed by atoms with E-state index in [-0.39, 0.29) is 24.7 Å². The number of nitrogens with zero attached hydrogens (tertiary/aromatic N) is 2. The first kappa shape index (κ1) is 9.83. The van der Waals surface area contributed by atoms with Crippen LogP contribution in [0, 0.1) is 6.92 Å². The summed E-state index contributed by atoms with van der Waals surface area (Å²) in [6.07, 6.45) is 1.75. The largest absolute Gasteiger partial charge is 0.329 e. The fourth-order valence-corrected chi connectivity index (χ4v) is 1.65. The Kier molecular flexibility index (Phi) is 2.49. The zero-order valence-corrected chi connectivity index (χ0v) is 8.56. The first-order chi connectivity index (χ1) is 7.16. The average Bonchev–Trinajstić information content (AvgIpc) is 2.49. The summed E-state index contributed by atoms with van der Waals surface area (Å²) in [4.78, 5) is 28.2. The molecular formula is C11H12N2O2. The van der Waals surface area contributed by atoms with Crippen LogP contribution in [0.25, 0.3) is 0 Å². The van der Waals surface area contributed by atoms with Gasteiger partial charge in [-0.2, -0.15) is 0 Å². The highest BCUT2D eigenvalue weighted by Gasteiger charge is 2.27. The minimum atomic E-state index is -0.0925. The van der Waals surface area contributed by atoms with Crippen molar-refractivity contribution in [3.63, 3.8) is 0 Å². The summed E-state index contributed by atoms with van der Waals surface area (Å²) >= 11 is 0. The Morgan fingerprint density at radius 2 is 2.27 bits per heavy atom. The Morgan fingerprint density at radius 3 is 2.87 bits per heavy atom. The molecule has 0 radical (unpaired) electrons. The molecule has 1 aromatic heterocycles. The molecule has 1 aliphatic rings. The Balaban J connectivity index is 2.13. The number of carbonyl (C=O) groups excluding carboxylic acids is 2. The van der Waals surface area contributed by atoms with E-state index in [1.54, 1.807) is 11.1 Å². The van der Waals surface area contributed by atoms with E-state index in [2.05, 4.69) is 4.98 Å². The number of hydrogen-bond donors (Lipinski definition) is 0. The van der Waals surface area contributed by atoms with Crippen LogP contribution < -0.4 is 0 Å². The fraction of sp³-hybridized carbons (Fsp3) is 0.364. The molecule has 2 heterocycles. The molecule has 0 aromatic carbocycles. The molecule has 0 atom stereocenters. The van der Waals surface area contributed by atoms with Gasteiger partial charge in [0.1, 0.15) is 0 Å². The molecule has 0 spiro atoms. The standard InChI is InChI=1S/C11H12N2O2/c1-8-3-2-4-12-10(8)7-13-6-9(14)5-11(13)15/h2-4H,5-7H2,1H3. The van der Waals surface area contributed by atoms with Crippen molar-refractivity contribution in [1.82, 2.24) is 9.88 Å². The van der Waals surface area contributed by atoms with Gasteiger partial charge in [-0.1, -0.05) is 6.07 Å². The number of rotatable bonds is 2. The molecule has 1 fully saturated rings. The van der Waals surface area contributed by atoms with Crippen molar-refractivity contribution < 1.29 is 9.59 Å². The minimum Gasteiger partial charge on any atom is -0.329 e. The molecule has 0 bridgehead atoms. The second-order valence-electron chi connectivity index (χ2n) is 3.73. The molecule has 1 aromatic rings. The number of pyridine rings is 1. The van der Waals surface area contributed by atoms with E-state index in [9.17, 15) is 9.59 Å². The van der Waals surface area contributed by atoms with Crippen molar-refractivity contribution in [2.24, 2.45) is 0 Å². The number of aryl methyl sites for hydroxylation is 1. The van der Waals surface area contributed by atoms with Gasteiger partial charge < -0.3 is 4.90 Å². The lowest BCUT2D eigenvalue weighted by atomic mass is 10.2. The van der Waals surface area contributed by atoms with Gasteiger partial charge in [-0.3, -0.25) is 14.6 Å². The van der Waals surface area contributed by atoms with E-state index in [1.165, 1.54) is 0 Å². The third kappa shape index (κ3) is 2.03. The topological polar surface area (TPSA) is 50.3 Å². The predicted molar refractivity (Wildman–Crippen MR) is 54.0 cm³/mol. The second kappa shape index (κ2) is 3.81. The Labute approximate surface area is 87.9 Å². The van der Waals surface area contributed by atoms with Gasteiger partial charge in [0.05, 0.1) is 25.2 Å². The van der Waals surface area contributed by atoms with Gasteiger partial charge in [0, 0.05) is 6.20 Å². The number of carbonyl (C=O) groups is 2. The van der Waals surface area contributed by atoms with Crippen LogP contribution in [0.4, 0.5) is 0 Å². The molecule has 4 nitrogen and oxygen atoms in total. The van der Waals surface area contributed by atoms with E-state index < -0.39 is 0 Å². The summed E-state index contributed by atoms with van der Waals surface area (Å²) in [5.74, 6) is -0.0985. The van der Waals surface area contributed by atoms with Crippen molar-refractivity contribution >= 4 is 11.7 Å². The molecule has 1 saturated heterocycles. The first-order valence-electron chi connectivity index (χ1n) is 4.87. The SMILES string of the molecule is Cc1cccnc1CN1CC(=O)CC1=O. The summed E-state index contributed by atoms with van der Waals surface area (Å²) in [6.45, 7) is 2.62. The summed E-state index contributed by atoms with van der Waals surface area (Å²) in [6, 6.07) is 3.81. The fourth-order valence-electron chi connectivity index (χ4n) is 1.65. The third-order valence-corrected chi connectivity index (χ3v) is 2.53. The molecule has 0 aliphatic carbocycles. The number of likely N-dealkylation sites (tertiary alicyclic amines) is 1. The van der Waals surface area contributed by atoms with Gasteiger partial charge in [0.25, 0.3) is 0 Å². The smallest absolute Gasteiger partial charge is 0.230 e. The third-order valence-electron chi connectivity index (χ3n) is 2.53. The lowest BCUT2D eigenvalue weighted by Gasteiger charge is -2.14. The van der Waals surface area contributed by atoms with E-state index >= 15 is 0 Å². The van der Waals surface area contributed by atoms with Gasteiger partial charge in [-0.25, -0.2) is 0 Å². The monoisotopic (exact) mass is 204 g/mol. The molecule has 15 heavy (non-hydrogen) atoms. The highest BCUT2D eigenvalue weighted by Crippen LogP contribution is 2.12. The van der Waals surface area contributed by atoms with Gasteiger partial charge >= 0.3 is 0 Å². The van der Waals surface area contributed by atoms with Crippen molar-refractivity contribution in [3.8, 4) is 0 Å². The number of amides is 1. The summed E-state index contributed by atoms with van der Waals surface area (Å²) in [5, 5.41) is 0. The zero-order chi connectivity index (χ0) is 10.8. The molecule has 0 N–H and O–H groups in total. The number of ketones is 1. The van der Waals surface area contributed by atoms with E-state index in [0.717, 1.165) is 11.3 Å². The highest BCUT2D eigenvalue weighted by atomic mass is 16.2. The average molecular weight is 204 g/mol. The van der Waals surface area contributed by atoms with Gasteiger partial charge in [0.2, 0.25) is 5.91 Å². The van der Waals surface area contributed by atoms with Crippen LogP contribution in [-0.4, -0.2) is 28.1 Å². The van der Waals surface area contributed by atoms with Crippen LogP contribution >= 0.6 is 0 Å². The number of hydrogen-bond acceptors (Lipinski definition) is 3. The molecular weight excluding hydrogens is 192 g/mol. The number of Topliss-reactive ketones (excluding diaryl/α,β-unsaturated/α-hetero) is 1. The Bertz CT molecular complexity index is 415. The minimum absolute atomic E-state index is 0.00594. The summed E-state index contributed by atoms with van der Waals surface area (Å²) < 4.78 is 0. The van der Waals surface area contributed by atoms with Gasteiger partial charge in [-0.05, 0) is 18.6 Å². The highest BCUT2D eigenvalue weighted by molar-refractivity contribution is 6.05. The van der Waals surface area contributed by atoms with Crippen LogP contribution in [0.2, 0.25) is 0 Å². The molecule has 1 amide bonds. The lowest BCUT2D eigenvalue weighted by molar-refractivity contribution is -0.128. The van der Waals surface area contributed by atoms with Crippen LogP contribution in [0.5, 0.6) is 0 Å². The molecule has 0 saturated carbocycles. The van der Waals surface area contributed by atoms with Crippen LogP contribution in [0.1, 0.15) is 17.7 Å². The Morgan fingerprint density at radius 1 is 1.47 bits per heavy atom. The van der Waals surface area contributed by atoms with E-state index in [4.69, 9.17) is 0 Å². The van der Waals surface area contributed by atoms with E-state index in [1.807, 2.05) is 19.1 Å². The van der Waals surface area contributed by atoms with E-state index in [0.29, 0.717) is 6.54 Å². The predicted octanol–water partition coefficient (Wildman–Crippen LogP) is 0.691. The maximum Gasteiger partial charge on any atom is 0.230 e.